The standard InChI is InChI=1S/C11H24N2/c1-4-10(2)11(8-12)6-5-7-13(3)9-11/h10H,4-9,12H2,1-3H3. The van der Waals surface area contributed by atoms with Crippen LogP contribution in [0, 0.1) is 11.3 Å². The van der Waals surface area contributed by atoms with Gasteiger partial charge in [0.25, 0.3) is 0 Å². The second-order valence-electron chi connectivity index (χ2n) is 4.72. The molecule has 1 aliphatic rings. The summed E-state index contributed by atoms with van der Waals surface area (Å²) in [6, 6.07) is 0. The molecule has 78 valence electrons. The number of rotatable bonds is 3. The predicted octanol–water partition coefficient (Wildman–Crippen LogP) is 1.70. The number of piperidine rings is 1. The van der Waals surface area contributed by atoms with Gasteiger partial charge in [-0.15, -0.1) is 0 Å². The average Bonchev–Trinajstić information content (AvgIpc) is 2.16. The molecule has 1 fully saturated rings. The van der Waals surface area contributed by atoms with Crippen LogP contribution >= 0.6 is 0 Å². The fourth-order valence-corrected chi connectivity index (χ4v) is 2.60. The highest BCUT2D eigenvalue weighted by Gasteiger charge is 2.36. The third-order valence-electron chi connectivity index (χ3n) is 3.86. The predicted molar refractivity (Wildman–Crippen MR) is 57.7 cm³/mol. The molecule has 2 N–H and O–H groups in total. The number of nitrogens with zero attached hydrogens (tertiary/aromatic N) is 1. The second-order valence-corrected chi connectivity index (χ2v) is 4.72. The summed E-state index contributed by atoms with van der Waals surface area (Å²) in [5.41, 5.74) is 6.35. The Labute approximate surface area is 82.5 Å². The molecule has 2 atom stereocenters. The highest BCUT2D eigenvalue weighted by atomic mass is 15.1. The molecule has 1 heterocycles. The molecule has 1 rings (SSSR count). The van der Waals surface area contributed by atoms with Crippen molar-refractivity contribution in [3.05, 3.63) is 0 Å². The topological polar surface area (TPSA) is 29.3 Å². The number of hydrogen-bond acceptors (Lipinski definition) is 2. The fraction of sp³-hybridized carbons (Fsp3) is 1.00. The van der Waals surface area contributed by atoms with Gasteiger partial charge in [-0.25, -0.2) is 0 Å². The highest BCUT2D eigenvalue weighted by Crippen LogP contribution is 2.37. The van der Waals surface area contributed by atoms with Gasteiger partial charge in [0, 0.05) is 6.54 Å². The molecule has 0 amide bonds. The molecule has 0 bridgehead atoms. The number of hydrogen-bond donors (Lipinski definition) is 1. The van der Waals surface area contributed by atoms with E-state index in [1.165, 1.54) is 32.4 Å². The molecule has 1 aliphatic heterocycles. The molecule has 0 saturated carbocycles. The van der Waals surface area contributed by atoms with Crippen LogP contribution in [0.3, 0.4) is 0 Å². The molecule has 0 spiro atoms. The minimum absolute atomic E-state index is 0.405. The van der Waals surface area contributed by atoms with E-state index < -0.39 is 0 Å². The molecule has 2 unspecified atom stereocenters. The van der Waals surface area contributed by atoms with Crippen LogP contribution in [0.1, 0.15) is 33.1 Å². The van der Waals surface area contributed by atoms with E-state index in [-0.39, 0.29) is 0 Å². The molecule has 2 heteroatoms. The second kappa shape index (κ2) is 4.43. The minimum Gasteiger partial charge on any atom is -0.330 e. The lowest BCUT2D eigenvalue weighted by Gasteiger charge is -2.44. The Kier molecular flexibility index (Phi) is 3.74. The van der Waals surface area contributed by atoms with E-state index in [0.717, 1.165) is 12.5 Å². The van der Waals surface area contributed by atoms with Crippen molar-refractivity contribution in [2.24, 2.45) is 17.1 Å². The SMILES string of the molecule is CCC(C)C1(CN)CCCN(C)C1. The summed E-state index contributed by atoms with van der Waals surface area (Å²) in [5, 5.41) is 0. The number of nitrogens with two attached hydrogens (primary N) is 1. The van der Waals surface area contributed by atoms with Gasteiger partial charge in [-0.1, -0.05) is 20.3 Å². The van der Waals surface area contributed by atoms with Crippen LogP contribution in [-0.2, 0) is 0 Å². The molecule has 2 nitrogen and oxygen atoms in total. The zero-order valence-corrected chi connectivity index (χ0v) is 9.34. The zero-order chi connectivity index (χ0) is 9.90. The largest absolute Gasteiger partial charge is 0.330 e. The van der Waals surface area contributed by atoms with Crippen LogP contribution < -0.4 is 5.73 Å². The Balaban J connectivity index is 2.67. The van der Waals surface area contributed by atoms with Crippen molar-refractivity contribution in [1.82, 2.24) is 4.90 Å². The van der Waals surface area contributed by atoms with E-state index in [9.17, 15) is 0 Å². The fourth-order valence-electron chi connectivity index (χ4n) is 2.60. The Bertz CT molecular complexity index is 158. The summed E-state index contributed by atoms with van der Waals surface area (Å²) in [6.45, 7) is 7.92. The summed E-state index contributed by atoms with van der Waals surface area (Å²) in [7, 11) is 2.21. The van der Waals surface area contributed by atoms with E-state index >= 15 is 0 Å². The minimum atomic E-state index is 0.405. The molecule has 0 radical (unpaired) electrons. The number of likely N-dealkylation sites (tertiary alicyclic amines) is 1. The lowest BCUT2D eigenvalue weighted by atomic mass is 9.70. The Morgan fingerprint density at radius 1 is 1.54 bits per heavy atom. The first-order chi connectivity index (χ1) is 6.14. The zero-order valence-electron chi connectivity index (χ0n) is 9.34. The van der Waals surface area contributed by atoms with Crippen molar-refractivity contribution in [2.75, 3.05) is 26.7 Å². The molecule has 0 aromatic rings. The Morgan fingerprint density at radius 3 is 2.69 bits per heavy atom. The average molecular weight is 184 g/mol. The molecular formula is C11H24N2. The Morgan fingerprint density at radius 2 is 2.23 bits per heavy atom. The Hall–Kier alpha value is -0.0800. The van der Waals surface area contributed by atoms with Gasteiger partial charge in [-0.3, -0.25) is 0 Å². The molecule has 13 heavy (non-hydrogen) atoms. The summed E-state index contributed by atoms with van der Waals surface area (Å²) >= 11 is 0. The quantitative estimate of drug-likeness (QED) is 0.723. The van der Waals surface area contributed by atoms with Crippen LogP contribution in [-0.4, -0.2) is 31.6 Å². The monoisotopic (exact) mass is 184 g/mol. The summed E-state index contributed by atoms with van der Waals surface area (Å²) in [5.74, 6) is 0.764. The van der Waals surface area contributed by atoms with E-state index in [2.05, 4.69) is 25.8 Å². The van der Waals surface area contributed by atoms with E-state index in [1.807, 2.05) is 0 Å². The van der Waals surface area contributed by atoms with Gasteiger partial charge in [-0.2, -0.15) is 0 Å². The van der Waals surface area contributed by atoms with Gasteiger partial charge in [0.1, 0.15) is 0 Å². The van der Waals surface area contributed by atoms with Crippen LogP contribution in [0.25, 0.3) is 0 Å². The summed E-state index contributed by atoms with van der Waals surface area (Å²) in [6.07, 6.45) is 3.89. The van der Waals surface area contributed by atoms with Crippen molar-refractivity contribution in [3.8, 4) is 0 Å². The first-order valence-electron chi connectivity index (χ1n) is 5.53. The van der Waals surface area contributed by atoms with E-state index in [4.69, 9.17) is 5.73 Å². The molecule has 1 saturated heterocycles. The van der Waals surface area contributed by atoms with Crippen LogP contribution in [0.15, 0.2) is 0 Å². The van der Waals surface area contributed by atoms with Gasteiger partial charge >= 0.3 is 0 Å². The lowest BCUT2D eigenvalue weighted by Crippen LogP contribution is -2.49. The maximum Gasteiger partial charge on any atom is 0.00496 e. The van der Waals surface area contributed by atoms with Crippen molar-refractivity contribution in [3.63, 3.8) is 0 Å². The van der Waals surface area contributed by atoms with Crippen molar-refractivity contribution in [1.29, 1.82) is 0 Å². The van der Waals surface area contributed by atoms with Crippen LogP contribution in [0.2, 0.25) is 0 Å². The molecule has 0 aromatic heterocycles. The first kappa shape index (κ1) is 11.0. The highest BCUT2D eigenvalue weighted by molar-refractivity contribution is 4.90. The summed E-state index contributed by atoms with van der Waals surface area (Å²) < 4.78 is 0. The van der Waals surface area contributed by atoms with E-state index in [1.54, 1.807) is 0 Å². The van der Waals surface area contributed by atoms with Crippen LogP contribution in [0.4, 0.5) is 0 Å². The van der Waals surface area contributed by atoms with Crippen molar-refractivity contribution in [2.45, 2.75) is 33.1 Å². The van der Waals surface area contributed by atoms with Crippen molar-refractivity contribution >= 4 is 0 Å². The van der Waals surface area contributed by atoms with Gasteiger partial charge < -0.3 is 10.6 Å². The van der Waals surface area contributed by atoms with Gasteiger partial charge in [-0.05, 0) is 44.3 Å². The van der Waals surface area contributed by atoms with Gasteiger partial charge in [0.15, 0.2) is 0 Å². The third-order valence-corrected chi connectivity index (χ3v) is 3.86. The van der Waals surface area contributed by atoms with Crippen molar-refractivity contribution < 1.29 is 0 Å². The maximum atomic E-state index is 5.95. The smallest absolute Gasteiger partial charge is 0.00496 e. The molecular weight excluding hydrogens is 160 g/mol. The van der Waals surface area contributed by atoms with Gasteiger partial charge in [0.2, 0.25) is 0 Å². The maximum absolute atomic E-state index is 5.95. The third kappa shape index (κ3) is 2.23. The molecule has 0 aromatic carbocycles. The van der Waals surface area contributed by atoms with E-state index in [0.29, 0.717) is 5.41 Å². The first-order valence-corrected chi connectivity index (χ1v) is 5.53. The van der Waals surface area contributed by atoms with Crippen LogP contribution in [0.5, 0.6) is 0 Å². The molecule has 0 aliphatic carbocycles. The van der Waals surface area contributed by atoms with Gasteiger partial charge in [0.05, 0.1) is 0 Å². The lowest BCUT2D eigenvalue weighted by molar-refractivity contribution is 0.0607. The summed E-state index contributed by atoms with van der Waals surface area (Å²) in [4.78, 5) is 2.43. The normalized spacial score (nSPS) is 33.2.